The number of benzene rings is 7. The zero-order chi connectivity index (χ0) is 31.3. The molecule has 0 fully saturated rings. The van der Waals surface area contributed by atoms with Gasteiger partial charge in [0.05, 0.1) is 0 Å². The molecule has 8 rings (SSSR count). The van der Waals surface area contributed by atoms with Crippen molar-refractivity contribution in [3.05, 3.63) is 84.9 Å². The van der Waals surface area contributed by atoms with Gasteiger partial charge in [-0.1, -0.05) is 66.7 Å². The fourth-order valence-corrected chi connectivity index (χ4v) is 6.52. The zero-order valence-corrected chi connectivity index (χ0v) is 23.1. The van der Waals surface area contributed by atoms with Crippen molar-refractivity contribution in [1.29, 1.82) is 0 Å². The highest BCUT2D eigenvalue weighted by Gasteiger charge is 2.32. The topological polar surface area (TPSA) is 171 Å². The Balaban J connectivity index is 1.61. The average Bonchev–Trinajstić information content (AvgIpc) is 3.07. The third-order valence-electron chi connectivity index (χ3n) is 8.50. The standard InChI is InChI=1S/C36H22O9/c37-29-25-23(16-6-2-1-3-7-16)26-28(32(40)36(44)34(42)30(26)38)24(27(25)31(39)35(43)33(29)41)17-12-13-20-19(14-17)18-10-4-8-15-9-5-11-21(45-20)22(15)18/h1-14,37-44H. The molecule has 8 N–H and O–H groups in total. The molecule has 45 heavy (non-hydrogen) atoms. The van der Waals surface area contributed by atoms with E-state index in [4.69, 9.17) is 4.74 Å². The molecule has 1 aliphatic rings. The fourth-order valence-electron chi connectivity index (χ4n) is 6.52. The van der Waals surface area contributed by atoms with Crippen LogP contribution in [0.4, 0.5) is 0 Å². The van der Waals surface area contributed by atoms with Gasteiger partial charge in [-0.15, -0.1) is 0 Å². The van der Waals surface area contributed by atoms with Gasteiger partial charge in [-0.3, -0.25) is 0 Å². The van der Waals surface area contributed by atoms with Crippen molar-refractivity contribution >= 4 is 32.3 Å². The lowest BCUT2D eigenvalue weighted by atomic mass is 9.83. The Hall–Kier alpha value is -6.48. The Kier molecular flexibility index (Phi) is 5.24. The van der Waals surface area contributed by atoms with Crippen molar-refractivity contribution in [3.63, 3.8) is 0 Å². The molecule has 7 aromatic rings. The molecule has 0 atom stereocenters. The molecular weight excluding hydrogens is 576 g/mol. The van der Waals surface area contributed by atoms with Gasteiger partial charge in [-0.05, 0) is 40.3 Å². The molecule has 0 radical (unpaired) electrons. The summed E-state index contributed by atoms with van der Waals surface area (Å²) in [6.07, 6.45) is 0. The first-order valence-corrected chi connectivity index (χ1v) is 13.8. The maximum Gasteiger partial charge on any atom is 0.204 e. The summed E-state index contributed by atoms with van der Waals surface area (Å²) in [5, 5.41) is 89.3. The second kappa shape index (κ2) is 9.01. The van der Waals surface area contributed by atoms with Crippen LogP contribution in [0.2, 0.25) is 0 Å². The molecule has 0 bridgehead atoms. The molecular formula is C36H22O9. The fraction of sp³-hybridized carbons (Fsp3) is 0. The van der Waals surface area contributed by atoms with Crippen molar-refractivity contribution < 1.29 is 45.6 Å². The SMILES string of the molecule is Oc1c(O)c(O)c2c(-c3ccc4c(c3)-c3cccc5cccc(c35)O4)c3c(O)c(O)c(O)c(O)c3c(-c3ccccc3)c2c1O. The second-order valence-corrected chi connectivity index (χ2v) is 10.9. The van der Waals surface area contributed by atoms with E-state index < -0.39 is 46.0 Å². The van der Waals surface area contributed by atoms with Crippen molar-refractivity contribution in [2.24, 2.45) is 0 Å². The van der Waals surface area contributed by atoms with Crippen LogP contribution in [-0.4, -0.2) is 40.9 Å². The van der Waals surface area contributed by atoms with Crippen LogP contribution in [0.5, 0.6) is 57.5 Å². The van der Waals surface area contributed by atoms with Crippen molar-refractivity contribution in [3.8, 4) is 90.9 Å². The van der Waals surface area contributed by atoms with E-state index in [1.165, 1.54) is 0 Å². The third-order valence-corrected chi connectivity index (χ3v) is 8.50. The van der Waals surface area contributed by atoms with Crippen molar-refractivity contribution in [1.82, 2.24) is 0 Å². The maximum absolute atomic E-state index is 11.4. The summed E-state index contributed by atoms with van der Waals surface area (Å²) < 4.78 is 6.22. The van der Waals surface area contributed by atoms with Gasteiger partial charge >= 0.3 is 0 Å². The minimum Gasteiger partial charge on any atom is -0.504 e. The Morgan fingerprint density at radius 3 is 1.42 bits per heavy atom. The molecule has 0 aromatic heterocycles. The molecule has 0 amide bonds. The van der Waals surface area contributed by atoms with Gasteiger partial charge in [-0.2, -0.15) is 0 Å². The van der Waals surface area contributed by atoms with Gasteiger partial charge in [-0.25, -0.2) is 0 Å². The highest BCUT2D eigenvalue weighted by molar-refractivity contribution is 6.29. The van der Waals surface area contributed by atoms with Crippen LogP contribution >= 0.6 is 0 Å². The number of rotatable bonds is 2. The van der Waals surface area contributed by atoms with Gasteiger partial charge in [0.2, 0.25) is 23.0 Å². The third kappa shape index (κ3) is 3.37. The van der Waals surface area contributed by atoms with E-state index >= 15 is 0 Å². The summed E-state index contributed by atoms with van der Waals surface area (Å²) in [6, 6.07) is 24.8. The van der Waals surface area contributed by atoms with Crippen molar-refractivity contribution in [2.75, 3.05) is 0 Å². The Morgan fingerprint density at radius 2 is 0.867 bits per heavy atom. The Bertz CT molecular complexity index is 2350. The maximum atomic E-state index is 11.4. The molecule has 7 aromatic carbocycles. The van der Waals surface area contributed by atoms with E-state index in [0.717, 1.165) is 16.3 Å². The summed E-state index contributed by atoms with van der Waals surface area (Å²) in [6.45, 7) is 0. The van der Waals surface area contributed by atoms with Crippen molar-refractivity contribution in [2.45, 2.75) is 0 Å². The Labute approximate surface area is 253 Å². The molecule has 0 saturated carbocycles. The predicted octanol–water partition coefficient (Wildman–Crippen LogP) is 7.90. The van der Waals surface area contributed by atoms with Crippen LogP contribution in [0.1, 0.15) is 0 Å². The molecule has 0 aliphatic carbocycles. The van der Waals surface area contributed by atoms with Crippen LogP contribution in [0, 0.1) is 0 Å². The molecule has 9 heteroatoms. The van der Waals surface area contributed by atoms with Crippen LogP contribution in [-0.2, 0) is 0 Å². The molecule has 0 spiro atoms. The number of phenols is 8. The largest absolute Gasteiger partial charge is 0.504 e. The van der Waals surface area contributed by atoms with Crippen LogP contribution in [0.3, 0.4) is 0 Å². The Morgan fingerprint density at radius 1 is 0.356 bits per heavy atom. The average molecular weight is 599 g/mol. The van der Waals surface area contributed by atoms with E-state index in [-0.39, 0.29) is 32.7 Å². The van der Waals surface area contributed by atoms with E-state index in [1.807, 2.05) is 36.4 Å². The lowest BCUT2D eigenvalue weighted by Crippen LogP contribution is -1.98. The minimum atomic E-state index is -1.02. The zero-order valence-electron chi connectivity index (χ0n) is 23.1. The lowest BCUT2D eigenvalue weighted by molar-refractivity contribution is 0.350. The minimum absolute atomic E-state index is 0.00413. The molecule has 1 aliphatic heterocycles. The summed E-state index contributed by atoms with van der Waals surface area (Å²) in [5.74, 6) is -6.21. The first-order chi connectivity index (χ1) is 21.7. The molecule has 0 saturated heterocycles. The van der Waals surface area contributed by atoms with Crippen LogP contribution in [0.15, 0.2) is 84.9 Å². The summed E-state index contributed by atoms with van der Waals surface area (Å²) in [7, 11) is 0. The smallest absolute Gasteiger partial charge is 0.204 e. The van der Waals surface area contributed by atoms with E-state index in [9.17, 15) is 40.9 Å². The highest BCUT2D eigenvalue weighted by Crippen LogP contribution is 2.62. The van der Waals surface area contributed by atoms with Crippen LogP contribution < -0.4 is 4.74 Å². The lowest BCUT2D eigenvalue weighted by Gasteiger charge is -2.24. The van der Waals surface area contributed by atoms with E-state index in [1.54, 1.807) is 48.5 Å². The van der Waals surface area contributed by atoms with E-state index in [0.29, 0.717) is 28.2 Å². The summed E-state index contributed by atoms with van der Waals surface area (Å²) in [4.78, 5) is 0. The molecule has 0 unspecified atom stereocenters. The van der Waals surface area contributed by atoms with Gasteiger partial charge in [0.25, 0.3) is 0 Å². The van der Waals surface area contributed by atoms with Gasteiger partial charge in [0, 0.05) is 43.6 Å². The number of aromatic hydroxyl groups is 8. The number of hydrogen-bond donors (Lipinski definition) is 8. The van der Waals surface area contributed by atoms with Crippen LogP contribution in [0.25, 0.3) is 65.7 Å². The van der Waals surface area contributed by atoms with Gasteiger partial charge in [0.15, 0.2) is 23.0 Å². The molecule has 9 nitrogen and oxygen atoms in total. The van der Waals surface area contributed by atoms with E-state index in [2.05, 4.69) is 0 Å². The quantitative estimate of drug-likeness (QED) is 0.0559. The number of hydrogen-bond acceptors (Lipinski definition) is 9. The summed E-state index contributed by atoms with van der Waals surface area (Å²) in [5.41, 5.74) is 2.10. The van der Waals surface area contributed by atoms with Gasteiger partial charge < -0.3 is 45.6 Å². The number of phenolic OH excluding ortho intramolecular Hbond substituents is 8. The normalized spacial score (nSPS) is 12.0. The molecule has 1 heterocycles. The monoisotopic (exact) mass is 598 g/mol. The number of ether oxygens (including phenoxy) is 1. The first-order valence-electron chi connectivity index (χ1n) is 13.8. The first kappa shape index (κ1) is 26.2. The summed E-state index contributed by atoms with van der Waals surface area (Å²) >= 11 is 0. The molecule has 220 valence electrons. The highest BCUT2D eigenvalue weighted by atomic mass is 16.5. The predicted molar refractivity (Wildman–Crippen MR) is 169 cm³/mol. The number of fused-ring (bicyclic) bond motifs is 4. The van der Waals surface area contributed by atoms with Gasteiger partial charge in [0.1, 0.15) is 11.5 Å². The second-order valence-electron chi connectivity index (χ2n) is 10.9.